The van der Waals surface area contributed by atoms with Gasteiger partial charge in [-0.05, 0) is 57.9 Å². The first-order chi connectivity index (χ1) is 14.8. The lowest BCUT2D eigenvalue weighted by molar-refractivity contribution is -0.127. The standard InChI is InChI=1S/C24H37N3O4/c1-5-31-24(30)20-16(3)21(25-17(20)4)23(29)27-13-11-18(12-14-27)15(2)22(28)26-19-9-7-6-8-10-19/h15,18-19,25H,5-14H2,1-4H3,(H,26,28)/t15-/m0/s1. The molecule has 0 unspecified atom stereocenters. The summed E-state index contributed by atoms with van der Waals surface area (Å²) in [6.45, 7) is 8.90. The third-order valence-electron chi connectivity index (χ3n) is 7.03. The Morgan fingerprint density at radius 2 is 1.74 bits per heavy atom. The first-order valence-electron chi connectivity index (χ1n) is 11.8. The van der Waals surface area contributed by atoms with Crippen molar-refractivity contribution in [1.29, 1.82) is 0 Å². The number of nitrogens with one attached hydrogen (secondary N) is 2. The van der Waals surface area contributed by atoms with E-state index in [9.17, 15) is 14.4 Å². The van der Waals surface area contributed by atoms with E-state index in [1.54, 1.807) is 20.8 Å². The van der Waals surface area contributed by atoms with E-state index in [1.165, 1.54) is 19.3 Å². The number of amides is 2. The number of ether oxygens (including phenoxy) is 1. The van der Waals surface area contributed by atoms with Crippen LogP contribution in [0.15, 0.2) is 0 Å². The van der Waals surface area contributed by atoms with Gasteiger partial charge in [0.2, 0.25) is 5.91 Å². The van der Waals surface area contributed by atoms with Crippen LogP contribution in [0.4, 0.5) is 0 Å². The average Bonchev–Trinajstić information content (AvgIpc) is 3.07. The third kappa shape index (κ3) is 5.31. The van der Waals surface area contributed by atoms with Crippen LogP contribution in [0.3, 0.4) is 0 Å². The van der Waals surface area contributed by atoms with E-state index in [0.29, 0.717) is 48.3 Å². The molecule has 7 heteroatoms. The highest BCUT2D eigenvalue weighted by atomic mass is 16.5. The number of hydrogen-bond acceptors (Lipinski definition) is 4. The molecule has 1 atom stereocenters. The van der Waals surface area contributed by atoms with E-state index >= 15 is 0 Å². The lowest BCUT2D eigenvalue weighted by Gasteiger charge is -2.35. The van der Waals surface area contributed by atoms with Gasteiger partial charge in [0.05, 0.1) is 12.2 Å². The Hall–Kier alpha value is -2.31. The first-order valence-corrected chi connectivity index (χ1v) is 11.8. The topological polar surface area (TPSA) is 91.5 Å². The summed E-state index contributed by atoms with van der Waals surface area (Å²) in [4.78, 5) is 42.9. The zero-order valence-corrected chi connectivity index (χ0v) is 19.4. The fourth-order valence-electron chi connectivity index (χ4n) is 5.03. The highest BCUT2D eigenvalue weighted by Gasteiger charge is 2.33. The normalized spacial score (nSPS) is 19.2. The third-order valence-corrected chi connectivity index (χ3v) is 7.03. The SMILES string of the molecule is CCOC(=O)c1c(C)[nH]c(C(=O)N2CCC([C@H](C)C(=O)NC3CCCCC3)CC2)c1C. The minimum Gasteiger partial charge on any atom is -0.462 e. The predicted molar refractivity (Wildman–Crippen MR) is 119 cm³/mol. The second-order valence-electron chi connectivity index (χ2n) is 9.11. The Kier molecular flexibility index (Phi) is 7.79. The smallest absolute Gasteiger partial charge is 0.340 e. The highest BCUT2D eigenvalue weighted by Crippen LogP contribution is 2.28. The number of likely N-dealkylation sites (tertiary alicyclic amines) is 1. The van der Waals surface area contributed by atoms with Gasteiger partial charge in [0.1, 0.15) is 5.69 Å². The van der Waals surface area contributed by atoms with Crippen LogP contribution in [-0.4, -0.2) is 53.4 Å². The molecule has 1 saturated heterocycles. The molecule has 1 aliphatic carbocycles. The maximum Gasteiger partial charge on any atom is 0.340 e. The lowest BCUT2D eigenvalue weighted by atomic mass is 9.84. The Labute approximate surface area is 185 Å². The molecule has 0 radical (unpaired) electrons. The molecule has 2 aliphatic rings. The molecule has 2 fully saturated rings. The van der Waals surface area contributed by atoms with Gasteiger partial charge in [-0.15, -0.1) is 0 Å². The second kappa shape index (κ2) is 10.3. The molecule has 2 amide bonds. The number of rotatable bonds is 6. The summed E-state index contributed by atoms with van der Waals surface area (Å²) in [6.07, 6.45) is 7.49. The molecule has 3 rings (SSSR count). The molecule has 2 N–H and O–H groups in total. The van der Waals surface area contributed by atoms with Gasteiger partial charge in [0.25, 0.3) is 5.91 Å². The zero-order chi connectivity index (χ0) is 22.5. The van der Waals surface area contributed by atoms with Gasteiger partial charge in [-0.2, -0.15) is 0 Å². The molecule has 31 heavy (non-hydrogen) atoms. The van der Waals surface area contributed by atoms with Crippen LogP contribution in [-0.2, 0) is 9.53 Å². The summed E-state index contributed by atoms with van der Waals surface area (Å²) in [6, 6.07) is 0.332. The summed E-state index contributed by atoms with van der Waals surface area (Å²) in [7, 11) is 0. The molecule has 0 bridgehead atoms. The van der Waals surface area contributed by atoms with Gasteiger partial charge in [-0.25, -0.2) is 4.79 Å². The van der Waals surface area contributed by atoms with E-state index in [0.717, 1.165) is 25.7 Å². The van der Waals surface area contributed by atoms with Gasteiger partial charge in [0, 0.05) is 30.7 Å². The van der Waals surface area contributed by atoms with Crippen molar-refractivity contribution in [3.8, 4) is 0 Å². The van der Waals surface area contributed by atoms with Crippen molar-refractivity contribution in [2.24, 2.45) is 11.8 Å². The fraction of sp³-hybridized carbons (Fsp3) is 0.708. The van der Waals surface area contributed by atoms with E-state index in [2.05, 4.69) is 10.3 Å². The number of carbonyl (C=O) groups excluding carboxylic acids is 3. The van der Waals surface area contributed by atoms with Gasteiger partial charge >= 0.3 is 5.97 Å². The summed E-state index contributed by atoms with van der Waals surface area (Å²) in [5, 5.41) is 3.24. The highest BCUT2D eigenvalue weighted by molar-refractivity contribution is 6.00. The van der Waals surface area contributed by atoms with Gasteiger partial charge < -0.3 is 19.9 Å². The van der Waals surface area contributed by atoms with Crippen LogP contribution >= 0.6 is 0 Å². The molecule has 172 valence electrons. The zero-order valence-electron chi connectivity index (χ0n) is 19.4. The van der Waals surface area contributed by atoms with Crippen molar-refractivity contribution in [3.63, 3.8) is 0 Å². The average molecular weight is 432 g/mol. The van der Waals surface area contributed by atoms with Crippen molar-refractivity contribution in [1.82, 2.24) is 15.2 Å². The molecule has 1 aromatic rings. The second-order valence-corrected chi connectivity index (χ2v) is 9.11. The predicted octanol–water partition coefficient (Wildman–Crippen LogP) is 3.75. The summed E-state index contributed by atoms with van der Waals surface area (Å²) < 4.78 is 5.12. The van der Waals surface area contributed by atoms with Gasteiger partial charge in [0.15, 0.2) is 0 Å². The maximum atomic E-state index is 13.1. The Balaban J connectivity index is 1.56. The maximum absolute atomic E-state index is 13.1. The Morgan fingerprint density at radius 3 is 2.35 bits per heavy atom. The molecule has 2 heterocycles. The van der Waals surface area contributed by atoms with Crippen LogP contribution in [0.25, 0.3) is 0 Å². The molecule has 0 spiro atoms. The number of carbonyl (C=O) groups is 3. The lowest BCUT2D eigenvalue weighted by Crippen LogP contribution is -2.45. The van der Waals surface area contributed by atoms with Crippen molar-refractivity contribution >= 4 is 17.8 Å². The molecule has 1 saturated carbocycles. The van der Waals surface area contributed by atoms with Gasteiger partial charge in [-0.3, -0.25) is 9.59 Å². The van der Waals surface area contributed by atoms with Crippen molar-refractivity contribution in [2.45, 2.75) is 78.7 Å². The first kappa shape index (κ1) is 23.4. The van der Waals surface area contributed by atoms with E-state index < -0.39 is 5.97 Å². The van der Waals surface area contributed by atoms with E-state index in [-0.39, 0.29) is 23.7 Å². The summed E-state index contributed by atoms with van der Waals surface area (Å²) in [5.74, 6) is -0.0805. The monoisotopic (exact) mass is 431 g/mol. The van der Waals surface area contributed by atoms with Crippen LogP contribution in [0.1, 0.15) is 90.9 Å². The quantitative estimate of drug-likeness (QED) is 0.671. The summed E-state index contributed by atoms with van der Waals surface area (Å²) in [5.41, 5.74) is 2.21. The van der Waals surface area contributed by atoms with Crippen molar-refractivity contribution < 1.29 is 19.1 Å². The molecular weight excluding hydrogens is 394 g/mol. The number of esters is 1. The fourth-order valence-corrected chi connectivity index (χ4v) is 5.03. The molecule has 1 aromatic heterocycles. The Morgan fingerprint density at radius 1 is 1.10 bits per heavy atom. The number of piperidine rings is 1. The van der Waals surface area contributed by atoms with Crippen LogP contribution < -0.4 is 5.32 Å². The van der Waals surface area contributed by atoms with E-state index in [1.807, 2.05) is 11.8 Å². The van der Waals surface area contributed by atoms with E-state index in [4.69, 9.17) is 4.74 Å². The molecule has 1 aliphatic heterocycles. The largest absolute Gasteiger partial charge is 0.462 e. The van der Waals surface area contributed by atoms with Crippen molar-refractivity contribution in [3.05, 3.63) is 22.5 Å². The molecule has 0 aromatic carbocycles. The minimum atomic E-state index is -0.399. The Bertz CT molecular complexity index is 802. The molecule has 7 nitrogen and oxygen atoms in total. The van der Waals surface area contributed by atoms with Crippen LogP contribution in [0.5, 0.6) is 0 Å². The number of aromatic nitrogens is 1. The minimum absolute atomic E-state index is 0.0379. The van der Waals surface area contributed by atoms with Gasteiger partial charge in [-0.1, -0.05) is 26.2 Å². The number of H-pyrrole nitrogens is 1. The molecular formula is C24H37N3O4. The van der Waals surface area contributed by atoms with Crippen LogP contribution in [0.2, 0.25) is 0 Å². The number of hydrogen-bond donors (Lipinski definition) is 2. The summed E-state index contributed by atoms with van der Waals surface area (Å²) >= 11 is 0. The van der Waals surface area contributed by atoms with Crippen molar-refractivity contribution in [2.75, 3.05) is 19.7 Å². The number of aryl methyl sites for hydroxylation is 1. The number of aromatic amines is 1. The van der Waals surface area contributed by atoms with Crippen LogP contribution in [0, 0.1) is 25.7 Å². The number of nitrogens with zero attached hydrogens (tertiary/aromatic N) is 1.